The van der Waals surface area contributed by atoms with Gasteiger partial charge in [-0.1, -0.05) is 6.92 Å². The van der Waals surface area contributed by atoms with Gasteiger partial charge in [-0.2, -0.15) is 0 Å². The van der Waals surface area contributed by atoms with Gasteiger partial charge >= 0.3 is 0 Å². The normalized spacial score (nSPS) is 17.5. The van der Waals surface area contributed by atoms with E-state index in [9.17, 15) is 4.79 Å². The van der Waals surface area contributed by atoms with Crippen LogP contribution in [-0.4, -0.2) is 41.8 Å². The third kappa shape index (κ3) is 4.24. The number of rotatable bonds is 6. The van der Waals surface area contributed by atoms with Crippen LogP contribution in [-0.2, 0) is 13.6 Å². The highest BCUT2D eigenvalue weighted by atomic mass is 16.5. The van der Waals surface area contributed by atoms with Crippen LogP contribution in [0.25, 0.3) is 21.9 Å². The van der Waals surface area contributed by atoms with E-state index in [0.717, 1.165) is 64.8 Å². The van der Waals surface area contributed by atoms with Crippen molar-refractivity contribution >= 4 is 10.8 Å². The van der Waals surface area contributed by atoms with Crippen LogP contribution in [0.4, 0.5) is 0 Å². The number of benzene rings is 1. The number of aryl methyl sites for hydroxylation is 1. The molecular formula is C27H33N3O3. The molecule has 0 spiro atoms. The summed E-state index contributed by atoms with van der Waals surface area (Å²) in [5.41, 5.74) is 4.10. The number of ether oxygens (including phenoxy) is 2. The Labute approximate surface area is 195 Å². The lowest BCUT2D eigenvalue weighted by Gasteiger charge is -2.31. The van der Waals surface area contributed by atoms with Crippen molar-refractivity contribution in [1.82, 2.24) is 14.5 Å². The summed E-state index contributed by atoms with van der Waals surface area (Å²) in [5.74, 6) is 2.95. The van der Waals surface area contributed by atoms with E-state index >= 15 is 0 Å². The maximum Gasteiger partial charge on any atom is 0.259 e. The summed E-state index contributed by atoms with van der Waals surface area (Å²) in [7, 11) is 5.23. The smallest absolute Gasteiger partial charge is 0.259 e. The quantitative estimate of drug-likeness (QED) is 0.547. The fourth-order valence-electron chi connectivity index (χ4n) is 4.95. The summed E-state index contributed by atoms with van der Waals surface area (Å²) in [5, 5.41) is 1.58. The maximum atomic E-state index is 12.8. The number of piperidine rings is 1. The highest BCUT2D eigenvalue weighted by Gasteiger charge is 2.26. The lowest BCUT2D eigenvalue weighted by Crippen LogP contribution is -2.32. The number of fused-ring (bicyclic) bond motifs is 1. The molecule has 6 heteroatoms. The van der Waals surface area contributed by atoms with Gasteiger partial charge in [0.2, 0.25) is 0 Å². The Morgan fingerprint density at radius 1 is 1.00 bits per heavy atom. The molecular weight excluding hydrogens is 414 g/mol. The second kappa shape index (κ2) is 8.82. The van der Waals surface area contributed by atoms with Crippen LogP contribution in [0.15, 0.2) is 35.4 Å². The van der Waals surface area contributed by atoms with Crippen molar-refractivity contribution in [3.8, 4) is 22.6 Å². The topological polar surface area (TPSA) is 56.6 Å². The highest BCUT2D eigenvalue weighted by Crippen LogP contribution is 2.42. The van der Waals surface area contributed by atoms with Gasteiger partial charge in [-0.15, -0.1) is 0 Å². The molecule has 0 amide bonds. The van der Waals surface area contributed by atoms with Crippen molar-refractivity contribution in [1.29, 1.82) is 0 Å². The number of hydrogen-bond donors (Lipinski definition) is 0. The van der Waals surface area contributed by atoms with Gasteiger partial charge in [0.25, 0.3) is 5.56 Å². The summed E-state index contributed by atoms with van der Waals surface area (Å²) in [6.45, 7) is 5.33. The lowest BCUT2D eigenvalue weighted by atomic mass is 9.96. The summed E-state index contributed by atoms with van der Waals surface area (Å²) in [6.07, 6.45) is 8.46. The van der Waals surface area contributed by atoms with E-state index in [4.69, 9.17) is 9.47 Å². The van der Waals surface area contributed by atoms with E-state index in [-0.39, 0.29) is 5.56 Å². The monoisotopic (exact) mass is 447 g/mol. The molecule has 3 heterocycles. The van der Waals surface area contributed by atoms with Crippen molar-refractivity contribution in [2.45, 2.75) is 45.1 Å². The Morgan fingerprint density at radius 2 is 1.67 bits per heavy atom. The Morgan fingerprint density at radius 3 is 2.27 bits per heavy atom. The van der Waals surface area contributed by atoms with E-state index in [2.05, 4.69) is 35.0 Å². The zero-order valence-electron chi connectivity index (χ0n) is 20.1. The van der Waals surface area contributed by atoms with Crippen LogP contribution >= 0.6 is 0 Å². The minimum Gasteiger partial charge on any atom is -0.496 e. The van der Waals surface area contributed by atoms with Crippen molar-refractivity contribution < 1.29 is 9.47 Å². The van der Waals surface area contributed by atoms with Crippen LogP contribution in [0.2, 0.25) is 0 Å². The van der Waals surface area contributed by atoms with Crippen molar-refractivity contribution in [2.75, 3.05) is 27.3 Å². The fourth-order valence-corrected chi connectivity index (χ4v) is 4.95. The molecule has 2 aromatic heterocycles. The van der Waals surface area contributed by atoms with Gasteiger partial charge in [-0.25, -0.2) is 0 Å². The van der Waals surface area contributed by atoms with Gasteiger partial charge < -0.3 is 14.0 Å². The number of likely N-dealkylation sites (tertiary alicyclic amines) is 1. The molecule has 0 bridgehead atoms. The standard InChI is InChI=1S/C27H33N3O3/c1-17-7-9-30(10-8-17)16-23-25(32-3)11-19(12-26(23)33-4)22-15-29(2)27(31)21-14-28-24(13-20(21)22)18-5-6-18/h11-15,17-18H,5-10,16H2,1-4H3. The van der Waals surface area contributed by atoms with E-state index in [1.165, 1.54) is 25.7 Å². The molecule has 1 aliphatic heterocycles. The van der Waals surface area contributed by atoms with Crippen molar-refractivity contribution in [2.24, 2.45) is 13.0 Å². The van der Waals surface area contributed by atoms with Crippen LogP contribution in [0.5, 0.6) is 11.5 Å². The van der Waals surface area contributed by atoms with Gasteiger partial charge in [0.05, 0.1) is 25.2 Å². The molecule has 6 nitrogen and oxygen atoms in total. The third-order valence-corrected chi connectivity index (χ3v) is 7.26. The zero-order valence-corrected chi connectivity index (χ0v) is 20.1. The molecule has 1 saturated heterocycles. The van der Waals surface area contributed by atoms with Gasteiger partial charge in [-0.05, 0) is 73.8 Å². The van der Waals surface area contributed by atoms with Crippen LogP contribution in [0.1, 0.15) is 49.8 Å². The summed E-state index contributed by atoms with van der Waals surface area (Å²) >= 11 is 0. The largest absolute Gasteiger partial charge is 0.496 e. The molecule has 1 aliphatic carbocycles. The second-order valence-electron chi connectivity index (χ2n) is 9.71. The molecule has 1 aromatic carbocycles. The molecule has 33 heavy (non-hydrogen) atoms. The number of pyridine rings is 2. The minimum absolute atomic E-state index is 0.0292. The molecule has 2 aliphatic rings. The summed E-state index contributed by atoms with van der Waals surface area (Å²) in [4.78, 5) is 19.9. The molecule has 0 unspecified atom stereocenters. The first-order chi connectivity index (χ1) is 16.0. The molecule has 5 rings (SSSR count). The van der Waals surface area contributed by atoms with Crippen molar-refractivity contribution in [3.63, 3.8) is 0 Å². The average Bonchev–Trinajstić information content (AvgIpc) is 3.68. The van der Waals surface area contributed by atoms with Crippen LogP contribution in [0.3, 0.4) is 0 Å². The Balaban J connectivity index is 1.61. The van der Waals surface area contributed by atoms with E-state index in [1.54, 1.807) is 32.0 Å². The van der Waals surface area contributed by atoms with Gasteiger partial charge in [0, 0.05) is 43.2 Å². The fraction of sp³-hybridized carbons (Fsp3) is 0.481. The highest BCUT2D eigenvalue weighted by molar-refractivity contribution is 5.96. The lowest BCUT2D eigenvalue weighted by molar-refractivity contribution is 0.181. The number of hydrogen-bond acceptors (Lipinski definition) is 5. The third-order valence-electron chi connectivity index (χ3n) is 7.26. The molecule has 0 radical (unpaired) electrons. The maximum absolute atomic E-state index is 12.8. The molecule has 2 fully saturated rings. The van der Waals surface area contributed by atoms with E-state index in [0.29, 0.717) is 11.3 Å². The zero-order chi connectivity index (χ0) is 23.1. The van der Waals surface area contributed by atoms with Gasteiger partial charge in [-0.3, -0.25) is 14.7 Å². The first-order valence-corrected chi connectivity index (χ1v) is 12.0. The van der Waals surface area contributed by atoms with E-state index < -0.39 is 0 Å². The van der Waals surface area contributed by atoms with Gasteiger partial charge in [0.1, 0.15) is 11.5 Å². The minimum atomic E-state index is -0.0292. The van der Waals surface area contributed by atoms with E-state index in [1.807, 2.05) is 6.20 Å². The number of nitrogens with zero attached hydrogens (tertiary/aromatic N) is 3. The molecule has 0 atom stereocenters. The summed E-state index contributed by atoms with van der Waals surface area (Å²) < 4.78 is 13.4. The second-order valence-corrected chi connectivity index (χ2v) is 9.71. The Kier molecular flexibility index (Phi) is 5.87. The molecule has 0 N–H and O–H groups in total. The molecule has 3 aromatic rings. The van der Waals surface area contributed by atoms with Crippen LogP contribution < -0.4 is 15.0 Å². The molecule has 174 valence electrons. The first-order valence-electron chi connectivity index (χ1n) is 12.0. The SMILES string of the molecule is COc1cc(-c2cn(C)c(=O)c3cnc(C4CC4)cc23)cc(OC)c1CN1CCC(C)CC1. The first kappa shape index (κ1) is 22.0. The Bertz CT molecular complexity index is 1210. The average molecular weight is 448 g/mol. The Hall–Kier alpha value is -2.86. The summed E-state index contributed by atoms with van der Waals surface area (Å²) in [6, 6.07) is 6.27. The predicted octanol–water partition coefficient (Wildman–Crippen LogP) is 4.73. The van der Waals surface area contributed by atoms with Gasteiger partial charge in [0.15, 0.2) is 0 Å². The number of aromatic nitrogens is 2. The molecule has 1 saturated carbocycles. The van der Waals surface area contributed by atoms with Crippen molar-refractivity contribution in [3.05, 3.63) is 52.2 Å². The number of methoxy groups -OCH3 is 2. The van der Waals surface area contributed by atoms with Crippen LogP contribution in [0, 0.1) is 5.92 Å². The predicted molar refractivity (Wildman–Crippen MR) is 131 cm³/mol.